The van der Waals surface area contributed by atoms with Crippen molar-refractivity contribution >= 4 is 76.0 Å². The largest absolute Gasteiger partial charge is 0.511 e. The minimum absolute atomic E-state index is 0.402. The lowest BCUT2D eigenvalue weighted by Crippen LogP contribution is -2.30. The lowest BCUT2D eigenvalue weighted by Gasteiger charge is -2.27. The topological polar surface area (TPSA) is 411 Å². The van der Waals surface area contributed by atoms with E-state index in [1.54, 1.807) is 83.1 Å². The van der Waals surface area contributed by atoms with Gasteiger partial charge in [-0.1, -0.05) is 0 Å². The van der Waals surface area contributed by atoms with Crippen molar-refractivity contribution in [1.82, 2.24) is 0 Å². The Kier molecular flexibility index (Phi) is 37.2. The summed E-state index contributed by atoms with van der Waals surface area (Å²) in [6.07, 6.45) is -18.2. The Labute approximate surface area is 456 Å². The first-order chi connectivity index (χ1) is 36.4. The molecule has 34 heteroatoms. The first-order valence-corrected chi connectivity index (χ1v) is 27.7. The number of carbonyl (C=O) groups excluding carboxylic acids is 8. The number of carboxylic acid groups (broad SMARTS) is 2. The fourth-order valence-corrected chi connectivity index (χ4v) is 8.71. The van der Waals surface area contributed by atoms with E-state index in [0.29, 0.717) is 0 Å². The molecule has 32 nitrogen and oxygen atoms in total. The maximum absolute atomic E-state index is 13.7. The first-order valence-electron chi connectivity index (χ1n) is 24.2. The van der Waals surface area contributed by atoms with E-state index in [-0.39, 0.29) is 0 Å². The molecule has 458 valence electrons. The van der Waals surface area contributed by atoms with Crippen LogP contribution in [-0.4, -0.2) is 159 Å². The highest BCUT2D eigenvalue weighted by Gasteiger charge is 2.40. The second-order valence-electron chi connectivity index (χ2n) is 17.6. The van der Waals surface area contributed by atoms with Crippen molar-refractivity contribution in [1.29, 1.82) is 0 Å². The van der Waals surface area contributed by atoms with Crippen LogP contribution < -0.4 is 0 Å². The SMILES string of the molecule is CC(C)OC(=O)OCOC(=O)C(CCC(=O)O)CP(=O)(OC(C)OC(=O)OC(C)C)OC(C)OC(=O)OC(C)C.CC(C)OC(=O)OCOP(=O)(CC(CCC(=O)O)C(=O)OC(C)OC(=O)OC(C)C)OCOC(=O)OC(C)C. The predicted octanol–water partition coefficient (Wildman–Crippen LogP) is 8.75. The lowest BCUT2D eigenvalue weighted by molar-refractivity contribution is -0.173. The molecule has 5 unspecified atom stereocenters. The fourth-order valence-electron chi connectivity index (χ4n) is 5.05. The Morgan fingerprint density at radius 3 is 0.962 bits per heavy atom. The van der Waals surface area contributed by atoms with Crippen molar-refractivity contribution < 1.29 is 152 Å². The van der Waals surface area contributed by atoms with Gasteiger partial charge in [0.05, 0.1) is 60.8 Å². The summed E-state index contributed by atoms with van der Waals surface area (Å²) in [5.41, 5.74) is 0. The maximum Gasteiger partial charge on any atom is 0.511 e. The standard InChI is InChI=1S/C23H39O16P.C22H37O16P/c1-13(2)33-21(27)32-12-31-20(26)18(9-10-19(24)25)11-40(30,38-16(7)36-22(28)34-14(3)4)39-17(8)37-23(29)35-15(5)6;1-13(2)34-20(26)30-11-32-39(29,33-12-31-21(27)35-14(3)4)10-17(8-9-18(23)24)19(25)37-16(7)38-22(28)36-15(5)6/h13-18H,9-12H2,1-8H3,(H,24,25);13-17H,8-12H2,1-7H3,(H,23,24). The second kappa shape index (κ2) is 39.2. The second-order valence-corrected chi connectivity index (χ2v) is 21.7. The zero-order chi connectivity index (χ0) is 61.2. The average molecular weight is 1190 g/mol. The molecule has 0 aliphatic heterocycles. The summed E-state index contributed by atoms with van der Waals surface area (Å²) < 4.78 is 115. The molecule has 0 aliphatic rings. The Morgan fingerprint density at radius 2 is 0.633 bits per heavy atom. The van der Waals surface area contributed by atoms with Crippen molar-refractivity contribution in [2.45, 2.75) is 185 Å². The summed E-state index contributed by atoms with van der Waals surface area (Å²) in [5.74, 6) is -7.69. The van der Waals surface area contributed by atoms with Crippen LogP contribution in [0.3, 0.4) is 0 Å². The average Bonchev–Trinajstić information content (AvgIpc) is 3.24. The third-order valence-electron chi connectivity index (χ3n) is 7.88. The Morgan fingerprint density at radius 1 is 0.342 bits per heavy atom. The summed E-state index contributed by atoms with van der Waals surface area (Å²) in [4.78, 5) is 118. The van der Waals surface area contributed by atoms with E-state index in [9.17, 15) is 57.1 Å². The zero-order valence-electron chi connectivity index (χ0n) is 46.8. The molecule has 0 aromatic rings. The van der Waals surface area contributed by atoms with E-state index in [1.807, 2.05) is 0 Å². The van der Waals surface area contributed by atoms with E-state index in [1.165, 1.54) is 20.8 Å². The van der Waals surface area contributed by atoms with Crippen molar-refractivity contribution in [3.63, 3.8) is 0 Å². The number of aliphatic carboxylic acids is 2. The monoisotopic (exact) mass is 1190 g/mol. The van der Waals surface area contributed by atoms with Gasteiger partial charge in [-0.3, -0.25) is 46.4 Å². The molecule has 5 atom stereocenters. The van der Waals surface area contributed by atoms with Crippen molar-refractivity contribution in [3.8, 4) is 0 Å². The molecule has 0 bridgehead atoms. The van der Waals surface area contributed by atoms with Crippen LogP contribution in [0.25, 0.3) is 0 Å². The molecule has 0 heterocycles. The molecular weight excluding hydrogens is 1110 g/mol. The molecule has 0 aliphatic carbocycles. The van der Waals surface area contributed by atoms with Gasteiger partial charge in [0.2, 0.25) is 39.2 Å². The van der Waals surface area contributed by atoms with Crippen LogP contribution in [0.4, 0.5) is 28.8 Å². The Balaban J connectivity index is 0. The van der Waals surface area contributed by atoms with Crippen LogP contribution in [0.1, 0.15) is 130 Å². The number of ether oxygens (including phenoxy) is 14. The lowest BCUT2D eigenvalue weighted by atomic mass is 10.1. The maximum atomic E-state index is 13.7. The predicted molar refractivity (Wildman–Crippen MR) is 261 cm³/mol. The van der Waals surface area contributed by atoms with Gasteiger partial charge in [-0.05, 0) is 110 Å². The van der Waals surface area contributed by atoms with Crippen LogP contribution in [-0.2, 0) is 113 Å². The summed E-state index contributed by atoms with van der Waals surface area (Å²) in [5, 5.41) is 18.2. The molecule has 79 heavy (non-hydrogen) atoms. The van der Waals surface area contributed by atoms with Gasteiger partial charge < -0.3 is 76.5 Å². The molecule has 0 rings (SSSR count). The van der Waals surface area contributed by atoms with Gasteiger partial charge in [0.1, 0.15) is 0 Å². The number of esters is 2. The molecular formula is C45H76O32P2. The zero-order valence-corrected chi connectivity index (χ0v) is 48.5. The molecule has 0 saturated heterocycles. The van der Waals surface area contributed by atoms with E-state index in [0.717, 1.165) is 0 Å². The molecule has 0 radical (unpaired) electrons. The number of hydrogen-bond donors (Lipinski definition) is 2. The number of carbonyl (C=O) groups is 10. The van der Waals surface area contributed by atoms with Crippen molar-refractivity contribution in [2.75, 3.05) is 32.7 Å². The van der Waals surface area contributed by atoms with Crippen LogP contribution in [0, 0.1) is 11.8 Å². The number of hydrogen-bond acceptors (Lipinski definition) is 30. The quantitative estimate of drug-likeness (QED) is 0.0263. The molecule has 0 amide bonds. The smallest absolute Gasteiger partial charge is 0.481 e. The van der Waals surface area contributed by atoms with Crippen LogP contribution >= 0.6 is 15.2 Å². The van der Waals surface area contributed by atoms with Crippen molar-refractivity contribution in [3.05, 3.63) is 0 Å². The number of rotatable bonds is 34. The first kappa shape index (κ1) is 74.9. The molecule has 0 spiro atoms. The molecule has 0 fully saturated rings. The van der Waals surface area contributed by atoms with Crippen LogP contribution in [0.15, 0.2) is 0 Å². The summed E-state index contributed by atoms with van der Waals surface area (Å²) in [6, 6.07) is 0. The summed E-state index contributed by atoms with van der Waals surface area (Å²) >= 11 is 0. The minimum Gasteiger partial charge on any atom is -0.481 e. The third kappa shape index (κ3) is 41.5. The molecule has 0 aromatic carbocycles. The third-order valence-corrected chi connectivity index (χ3v) is 11.9. The highest BCUT2D eigenvalue weighted by atomic mass is 31.2. The molecule has 0 aromatic heterocycles. The van der Waals surface area contributed by atoms with Gasteiger partial charge in [-0.2, -0.15) is 0 Å². The van der Waals surface area contributed by atoms with Gasteiger partial charge in [0.25, 0.3) is 0 Å². The van der Waals surface area contributed by atoms with Gasteiger partial charge >= 0.3 is 76.0 Å². The van der Waals surface area contributed by atoms with Crippen LogP contribution in [0.2, 0.25) is 0 Å². The van der Waals surface area contributed by atoms with E-state index in [4.69, 9.17) is 80.4 Å². The van der Waals surface area contributed by atoms with Crippen molar-refractivity contribution in [2.24, 2.45) is 11.8 Å². The van der Waals surface area contributed by atoms with Gasteiger partial charge in [0.15, 0.2) is 0 Å². The van der Waals surface area contributed by atoms with E-state index >= 15 is 0 Å². The summed E-state index contributed by atoms with van der Waals surface area (Å²) in [6.45, 7) is 19.4. The van der Waals surface area contributed by atoms with E-state index < -0.39 is 202 Å². The summed E-state index contributed by atoms with van der Waals surface area (Å²) in [7, 11) is -9.00. The van der Waals surface area contributed by atoms with E-state index in [2.05, 4.69) is 14.2 Å². The van der Waals surface area contributed by atoms with Crippen LogP contribution in [0.5, 0.6) is 0 Å². The minimum atomic E-state index is -4.54. The highest BCUT2D eigenvalue weighted by Crippen LogP contribution is 2.53. The van der Waals surface area contributed by atoms with Gasteiger partial charge in [-0.25, -0.2) is 28.8 Å². The molecule has 2 N–H and O–H groups in total. The Hall–Kier alpha value is -6.20. The number of carboxylic acids is 2. The fraction of sp³-hybridized carbons (Fsp3) is 0.778. The normalized spacial score (nSPS) is 13.9. The van der Waals surface area contributed by atoms with Gasteiger partial charge in [-0.15, -0.1) is 0 Å². The molecule has 0 saturated carbocycles. The van der Waals surface area contributed by atoms with Gasteiger partial charge in [0, 0.05) is 19.8 Å². The Bertz CT molecular complexity index is 1950. The highest BCUT2D eigenvalue weighted by molar-refractivity contribution is 7.54.